The highest BCUT2D eigenvalue weighted by Gasteiger charge is 2.24. The van der Waals surface area contributed by atoms with Gasteiger partial charge in [-0.2, -0.15) is 10.5 Å². The summed E-state index contributed by atoms with van der Waals surface area (Å²) in [4.78, 5) is 0. The van der Waals surface area contributed by atoms with Crippen molar-refractivity contribution in [2.24, 2.45) is 0 Å². The molecule has 6 nitrogen and oxygen atoms in total. The number of hydrogen-bond acceptors (Lipinski definition) is 4. The van der Waals surface area contributed by atoms with Crippen LogP contribution in [0.4, 0.5) is 0 Å². The Bertz CT molecular complexity index is 3890. The van der Waals surface area contributed by atoms with Gasteiger partial charge in [0.1, 0.15) is 22.3 Å². The van der Waals surface area contributed by atoms with Gasteiger partial charge in [0.05, 0.1) is 56.1 Å². The Kier molecular flexibility index (Phi) is 7.05. The summed E-state index contributed by atoms with van der Waals surface area (Å²) in [5.41, 5.74) is 13.0. The molecule has 0 fully saturated rings. The number of nitriles is 2. The minimum absolute atomic E-state index is 0.420. The van der Waals surface area contributed by atoms with Crippen molar-refractivity contribution in [3.8, 4) is 45.8 Å². The molecule has 0 spiro atoms. The van der Waals surface area contributed by atoms with E-state index in [0.717, 1.165) is 116 Å². The van der Waals surface area contributed by atoms with Gasteiger partial charge in [0.15, 0.2) is 0 Å². The number of hydrogen-bond donors (Lipinski definition) is 0. The van der Waals surface area contributed by atoms with Gasteiger partial charge in [-0.3, -0.25) is 0 Å². The molecule has 6 heteroatoms. The second kappa shape index (κ2) is 12.8. The van der Waals surface area contributed by atoms with Crippen molar-refractivity contribution in [2.45, 2.75) is 0 Å². The van der Waals surface area contributed by atoms with E-state index in [4.69, 9.17) is 8.83 Å². The number of aromatic nitrogens is 2. The molecule has 62 heavy (non-hydrogen) atoms. The number of benzene rings is 9. The van der Waals surface area contributed by atoms with Crippen LogP contribution in [0.5, 0.6) is 0 Å². The van der Waals surface area contributed by atoms with Crippen LogP contribution in [0.25, 0.3) is 121 Å². The van der Waals surface area contributed by atoms with Gasteiger partial charge in [0.25, 0.3) is 0 Å². The van der Waals surface area contributed by atoms with Crippen molar-refractivity contribution in [3.63, 3.8) is 0 Å². The first-order chi connectivity index (χ1) is 30.7. The van der Waals surface area contributed by atoms with E-state index in [-0.39, 0.29) is 0 Å². The van der Waals surface area contributed by atoms with Crippen LogP contribution < -0.4 is 0 Å². The second-order valence-corrected chi connectivity index (χ2v) is 15.8. The first kappa shape index (κ1) is 34.1. The molecule has 0 bridgehead atoms. The number of nitrogens with zero attached hydrogens (tertiary/aromatic N) is 4. The number of rotatable bonds is 4. The number of furan rings is 2. The van der Waals surface area contributed by atoms with Crippen LogP contribution in [0, 0.1) is 22.7 Å². The number of fused-ring (bicyclic) bond motifs is 14. The van der Waals surface area contributed by atoms with E-state index < -0.39 is 0 Å². The third kappa shape index (κ3) is 4.72. The molecular weight excluding hydrogens is 761 g/mol. The molecule has 0 aliphatic heterocycles. The van der Waals surface area contributed by atoms with E-state index >= 15 is 0 Å². The third-order valence-corrected chi connectivity index (χ3v) is 12.6. The molecule has 13 rings (SSSR count). The van der Waals surface area contributed by atoms with Crippen molar-refractivity contribution < 1.29 is 8.83 Å². The molecule has 0 aliphatic rings. The quantitative estimate of drug-likeness (QED) is 0.178. The first-order valence-electron chi connectivity index (χ1n) is 20.5. The van der Waals surface area contributed by atoms with E-state index in [1.807, 2.05) is 78.9 Å². The highest BCUT2D eigenvalue weighted by atomic mass is 16.3. The Labute approximate surface area is 353 Å². The molecule has 9 aromatic carbocycles. The van der Waals surface area contributed by atoms with Gasteiger partial charge in [-0.15, -0.1) is 0 Å². The van der Waals surface area contributed by atoms with E-state index in [1.54, 1.807) is 0 Å². The van der Waals surface area contributed by atoms with Crippen LogP contribution >= 0.6 is 0 Å². The normalized spacial score (nSPS) is 11.8. The minimum atomic E-state index is 0.420. The van der Waals surface area contributed by atoms with Crippen LogP contribution in [0.15, 0.2) is 191 Å². The maximum atomic E-state index is 10.9. The van der Waals surface area contributed by atoms with E-state index in [0.29, 0.717) is 16.7 Å². The van der Waals surface area contributed by atoms with Crippen LogP contribution in [-0.4, -0.2) is 9.13 Å². The SMILES string of the molecule is N#Cc1cc(-c2ccccc2)cc(C#N)c1-c1cc(-n2c3ccccc3c3c4oc5ccccc5c4ccc32)cc(-n2c3ccccc3c3c4oc5ccccc5c4ccc32)c1. The molecule has 0 aliphatic carbocycles. The summed E-state index contributed by atoms with van der Waals surface area (Å²) in [7, 11) is 0. The zero-order valence-electron chi connectivity index (χ0n) is 32.9. The molecule has 0 unspecified atom stereocenters. The van der Waals surface area contributed by atoms with Gasteiger partial charge in [-0.25, -0.2) is 0 Å². The lowest BCUT2D eigenvalue weighted by Gasteiger charge is -2.17. The van der Waals surface area contributed by atoms with Gasteiger partial charge < -0.3 is 18.0 Å². The van der Waals surface area contributed by atoms with Crippen LogP contribution in [0.3, 0.4) is 0 Å². The Hall–Kier alpha value is -8.84. The summed E-state index contributed by atoms with van der Waals surface area (Å²) in [6.45, 7) is 0. The monoisotopic (exact) mass is 790 g/mol. The molecule has 4 aromatic heterocycles. The molecule has 0 amide bonds. The summed E-state index contributed by atoms with van der Waals surface area (Å²) in [6, 6.07) is 67.0. The fourth-order valence-electron chi connectivity index (χ4n) is 9.95. The molecular formula is C56H30N4O2. The summed E-state index contributed by atoms with van der Waals surface area (Å²) in [5.74, 6) is 0. The predicted molar refractivity (Wildman–Crippen MR) is 250 cm³/mol. The molecule has 0 N–H and O–H groups in total. The van der Waals surface area contributed by atoms with Crippen LogP contribution in [-0.2, 0) is 0 Å². The maximum Gasteiger partial charge on any atom is 0.145 e. The lowest BCUT2D eigenvalue weighted by Crippen LogP contribution is -2.01. The van der Waals surface area contributed by atoms with Gasteiger partial charge in [0, 0.05) is 49.3 Å². The Morgan fingerprint density at radius 2 is 0.806 bits per heavy atom. The van der Waals surface area contributed by atoms with Crippen molar-refractivity contribution in [2.75, 3.05) is 0 Å². The standard InChI is InChI=1S/C56H30N4O2/c57-31-36-26-34(33-12-2-1-3-13-33)27-37(32-58)52(36)35-28-38(59-46-18-8-4-16-44(46)53-48(59)24-22-42-40-14-6-10-20-50(40)61-55(42)53)30-39(29-35)60-47-19-9-5-17-45(47)54-49(60)25-23-43-41-15-7-11-21-51(41)62-56(43)54/h1-30H. The van der Waals surface area contributed by atoms with Gasteiger partial charge in [-0.1, -0.05) is 103 Å². The fraction of sp³-hybridized carbons (Fsp3) is 0. The van der Waals surface area contributed by atoms with Crippen LogP contribution in [0.2, 0.25) is 0 Å². The lowest BCUT2D eigenvalue weighted by atomic mass is 9.90. The largest absolute Gasteiger partial charge is 0.455 e. The van der Waals surface area contributed by atoms with Crippen molar-refractivity contribution >= 4 is 87.5 Å². The Morgan fingerprint density at radius 1 is 0.355 bits per heavy atom. The topological polar surface area (TPSA) is 83.7 Å². The third-order valence-electron chi connectivity index (χ3n) is 12.6. The second-order valence-electron chi connectivity index (χ2n) is 15.8. The summed E-state index contributed by atoms with van der Waals surface area (Å²) in [5, 5.41) is 30.2. The van der Waals surface area contributed by atoms with Crippen LogP contribution in [0.1, 0.15) is 11.1 Å². The molecule has 0 atom stereocenters. The maximum absolute atomic E-state index is 10.9. The molecule has 0 saturated heterocycles. The zero-order chi connectivity index (χ0) is 41.1. The Morgan fingerprint density at radius 3 is 1.31 bits per heavy atom. The molecule has 13 aromatic rings. The van der Waals surface area contributed by atoms with E-state index in [1.165, 1.54) is 0 Å². The molecule has 4 heterocycles. The fourth-order valence-corrected chi connectivity index (χ4v) is 9.95. The van der Waals surface area contributed by atoms with Gasteiger partial charge >= 0.3 is 0 Å². The molecule has 0 saturated carbocycles. The average molecular weight is 791 g/mol. The van der Waals surface area contributed by atoms with Crippen molar-refractivity contribution in [1.82, 2.24) is 9.13 Å². The first-order valence-corrected chi connectivity index (χ1v) is 20.5. The number of para-hydroxylation sites is 4. The highest BCUT2D eigenvalue weighted by molar-refractivity contribution is 6.25. The summed E-state index contributed by atoms with van der Waals surface area (Å²) < 4.78 is 17.9. The lowest BCUT2D eigenvalue weighted by molar-refractivity contribution is 0.672. The molecule has 0 radical (unpaired) electrons. The predicted octanol–water partition coefficient (Wildman–Crippen LogP) is 14.8. The highest BCUT2D eigenvalue weighted by Crippen LogP contribution is 2.45. The summed E-state index contributed by atoms with van der Waals surface area (Å²) >= 11 is 0. The van der Waals surface area contributed by atoms with Crippen molar-refractivity contribution in [3.05, 3.63) is 193 Å². The zero-order valence-corrected chi connectivity index (χ0v) is 32.9. The van der Waals surface area contributed by atoms with E-state index in [9.17, 15) is 10.5 Å². The minimum Gasteiger partial charge on any atom is -0.455 e. The Balaban J connectivity index is 1.16. The smallest absolute Gasteiger partial charge is 0.145 e. The average Bonchev–Trinajstić information content (AvgIpc) is 4.08. The van der Waals surface area contributed by atoms with Crippen molar-refractivity contribution in [1.29, 1.82) is 10.5 Å². The van der Waals surface area contributed by atoms with E-state index in [2.05, 4.69) is 124 Å². The summed E-state index contributed by atoms with van der Waals surface area (Å²) in [6.07, 6.45) is 0. The van der Waals surface area contributed by atoms with Gasteiger partial charge in [0.2, 0.25) is 0 Å². The van der Waals surface area contributed by atoms with Gasteiger partial charge in [-0.05, 0) is 95.6 Å². The molecule has 286 valence electrons.